The zero-order valence-electron chi connectivity index (χ0n) is 22.6. The Morgan fingerprint density at radius 3 is 2.50 bits per heavy atom. The molecule has 2 heterocycles. The van der Waals surface area contributed by atoms with Crippen molar-refractivity contribution in [1.29, 1.82) is 0 Å². The summed E-state index contributed by atoms with van der Waals surface area (Å²) in [6.45, 7) is 6.76. The van der Waals surface area contributed by atoms with Crippen molar-refractivity contribution >= 4 is 12.0 Å². The number of phenolic OH excluding ortho intramolecular Hbond substituents is 1. The van der Waals surface area contributed by atoms with E-state index >= 15 is 0 Å². The fourth-order valence-corrected chi connectivity index (χ4v) is 5.64. The van der Waals surface area contributed by atoms with Gasteiger partial charge >= 0.3 is 6.09 Å². The van der Waals surface area contributed by atoms with Crippen LogP contribution in [-0.4, -0.2) is 84.1 Å². The van der Waals surface area contributed by atoms with Crippen LogP contribution in [0.4, 0.5) is 4.79 Å². The fraction of sp³-hybridized carbons (Fsp3) is 0.643. The number of carbonyl (C=O) groups excluding carboxylic acids is 2. The third-order valence-corrected chi connectivity index (χ3v) is 8.02. The van der Waals surface area contributed by atoms with Crippen LogP contribution in [0.3, 0.4) is 0 Å². The highest BCUT2D eigenvalue weighted by atomic mass is 16.7. The molecule has 10 nitrogen and oxygen atoms in total. The summed E-state index contributed by atoms with van der Waals surface area (Å²) in [5, 5.41) is 26.9. The van der Waals surface area contributed by atoms with Gasteiger partial charge < -0.3 is 39.8 Å². The summed E-state index contributed by atoms with van der Waals surface area (Å²) in [6.07, 6.45) is 2.25. The van der Waals surface area contributed by atoms with E-state index in [0.717, 1.165) is 5.56 Å². The van der Waals surface area contributed by atoms with Crippen molar-refractivity contribution in [3.05, 3.63) is 41.5 Å². The maximum Gasteiger partial charge on any atom is 0.407 e. The van der Waals surface area contributed by atoms with Gasteiger partial charge in [-0.3, -0.25) is 4.79 Å². The van der Waals surface area contributed by atoms with E-state index in [0.29, 0.717) is 38.7 Å². The number of carbonyl (C=O) groups is 2. The summed E-state index contributed by atoms with van der Waals surface area (Å²) < 4.78 is 23.3. The van der Waals surface area contributed by atoms with Crippen LogP contribution in [0.25, 0.3) is 0 Å². The normalized spacial score (nSPS) is 33.3. The number of hydrogen-bond donors (Lipinski definition) is 4. The van der Waals surface area contributed by atoms with Gasteiger partial charge in [0, 0.05) is 26.6 Å². The number of ether oxygens (including phenoxy) is 4. The van der Waals surface area contributed by atoms with Crippen molar-refractivity contribution in [2.24, 2.45) is 0 Å². The first kappa shape index (κ1) is 28.4. The molecule has 3 fully saturated rings. The van der Waals surface area contributed by atoms with Crippen molar-refractivity contribution in [1.82, 2.24) is 10.6 Å². The van der Waals surface area contributed by atoms with Crippen LogP contribution < -0.4 is 10.6 Å². The van der Waals surface area contributed by atoms with Crippen molar-refractivity contribution in [3.63, 3.8) is 0 Å². The first-order chi connectivity index (χ1) is 18.0. The lowest BCUT2D eigenvalue weighted by atomic mass is 9.64. The molecule has 10 heteroatoms. The lowest BCUT2D eigenvalue weighted by Crippen LogP contribution is -2.70. The van der Waals surface area contributed by atoms with E-state index in [2.05, 4.69) is 16.7 Å². The Hall–Kier alpha value is -2.66. The number of nitrogens with one attached hydrogen (secondary N) is 2. The molecule has 2 saturated heterocycles. The second-order valence-corrected chi connectivity index (χ2v) is 10.9. The summed E-state index contributed by atoms with van der Waals surface area (Å²) in [5.41, 5.74) is -1.02. The van der Waals surface area contributed by atoms with Gasteiger partial charge in [0.2, 0.25) is 5.91 Å². The Morgan fingerprint density at radius 1 is 1.18 bits per heavy atom. The molecule has 38 heavy (non-hydrogen) atoms. The predicted octanol–water partition coefficient (Wildman–Crippen LogP) is 2.36. The van der Waals surface area contributed by atoms with Gasteiger partial charge in [-0.2, -0.15) is 0 Å². The third-order valence-electron chi connectivity index (χ3n) is 8.02. The van der Waals surface area contributed by atoms with Crippen LogP contribution in [0.2, 0.25) is 0 Å². The first-order valence-corrected chi connectivity index (χ1v) is 13.2. The smallest absolute Gasteiger partial charge is 0.407 e. The molecule has 6 atom stereocenters. The van der Waals surface area contributed by atoms with Crippen molar-refractivity contribution in [3.8, 4) is 5.75 Å². The maximum absolute atomic E-state index is 12.6. The first-order valence-electron chi connectivity index (χ1n) is 13.2. The maximum atomic E-state index is 12.6. The SMILES string of the molecule is CO[C@@H]1[C@H](OC(=O)NCCNC(=O)CCc2ccc(O)cc2)CC[C@]2(CO2)[C@@]1(O)C1(C)O[C@@H]1CC=C(C)C. The third kappa shape index (κ3) is 5.68. The molecule has 0 bridgehead atoms. The van der Waals surface area contributed by atoms with Crippen LogP contribution in [-0.2, 0) is 30.2 Å². The zero-order chi connectivity index (χ0) is 27.6. The van der Waals surface area contributed by atoms with Crippen molar-refractivity contribution < 1.29 is 38.7 Å². The summed E-state index contributed by atoms with van der Waals surface area (Å²) >= 11 is 0. The largest absolute Gasteiger partial charge is 0.508 e. The van der Waals surface area contributed by atoms with Gasteiger partial charge in [0.1, 0.15) is 29.2 Å². The van der Waals surface area contributed by atoms with Crippen LogP contribution >= 0.6 is 0 Å². The van der Waals surface area contributed by atoms with Gasteiger partial charge in [0.15, 0.2) is 5.60 Å². The number of allylic oxidation sites excluding steroid dienone is 1. The summed E-state index contributed by atoms with van der Waals surface area (Å²) in [7, 11) is 1.50. The molecule has 3 aliphatic rings. The number of hydrogen-bond acceptors (Lipinski definition) is 8. The molecule has 1 aromatic rings. The molecule has 2 aliphatic heterocycles. The second kappa shape index (κ2) is 11.2. The van der Waals surface area contributed by atoms with E-state index < -0.39 is 35.1 Å². The summed E-state index contributed by atoms with van der Waals surface area (Å²) in [5.74, 6) is 0.0464. The molecule has 4 N–H and O–H groups in total. The molecule has 0 radical (unpaired) electrons. The van der Waals surface area contributed by atoms with Crippen LogP contribution in [0, 0.1) is 0 Å². The number of methoxy groups -OCH3 is 1. The minimum Gasteiger partial charge on any atom is -0.508 e. The van der Waals surface area contributed by atoms with Gasteiger partial charge in [-0.1, -0.05) is 23.8 Å². The van der Waals surface area contributed by atoms with E-state index in [1.54, 1.807) is 24.3 Å². The van der Waals surface area contributed by atoms with Gasteiger partial charge in [0.25, 0.3) is 0 Å². The number of aromatic hydroxyl groups is 1. The molecule has 2 amide bonds. The average Bonchev–Trinajstić information content (AvgIpc) is 3.80. The number of benzene rings is 1. The van der Waals surface area contributed by atoms with Gasteiger partial charge in [-0.15, -0.1) is 0 Å². The Bertz CT molecular complexity index is 1040. The highest BCUT2D eigenvalue weighted by Gasteiger charge is 2.81. The number of amides is 2. The van der Waals surface area contributed by atoms with Crippen LogP contribution in [0.15, 0.2) is 35.9 Å². The standard InChI is InChI=1S/C28H40N2O8/c1-18(2)5-11-22-26(3,38-22)28(34)24(35-4)21(13-14-27(28)17-36-27)37-25(33)30-16-15-29-23(32)12-8-19-6-9-20(31)10-7-19/h5-7,9-10,21-22,24,31,34H,8,11-17H2,1-4H3,(H,29,32)(H,30,33)/t21-,22-,24-,26?,27+,28+/m1/s1. The molecule has 1 aromatic carbocycles. The molecule has 1 aliphatic carbocycles. The number of alkyl carbamates (subject to hydrolysis) is 1. The van der Waals surface area contributed by atoms with Crippen molar-refractivity contribution in [2.75, 3.05) is 26.8 Å². The van der Waals surface area contributed by atoms with E-state index in [-0.39, 0.29) is 30.9 Å². The average molecular weight is 533 g/mol. The van der Waals surface area contributed by atoms with Gasteiger partial charge in [-0.25, -0.2) is 4.79 Å². The number of rotatable bonds is 11. The summed E-state index contributed by atoms with van der Waals surface area (Å²) in [4.78, 5) is 24.7. The molecule has 210 valence electrons. The Kier molecular flexibility index (Phi) is 8.37. The Morgan fingerprint density at radius 2 is 1.87 bits per heavy atom. The molecule has 1 unspecified atom stereocenters. The fourth-order valence-electron chi connectivity index (χ4n) is 5.64. The minimum absolute atomic E-state index is 0.139. The monoisotopic (exact) mass is 532 g/mol. The van der Waals surface area contributed by atoms with E-state index in [1.165, 1.54) is 12.7 Å². The van der Waals surface area contributed by atoms with Crippen LogP contribution in [0.5, 0.6) is 5.75 Å². The predicted molar refractivity (Wildman–Crippen MR) is 139 cm³/mol. The van der Waals surface area contributed by atoms with Gasteiger partial charge in [0.05, 0.1) is 12.7 Å². The van der Waals surface area contributed by atoms with Gasteiger partial charge in [-0.05, 0) is 64.2 Å². The molecular formula is C28H40N2O8. The van der Waals surface area contributed by atoms with E-state index in [4.69, 9.17) is 18.9 Å². The number of aryl methyl sites for hydroxylation is 1. The quantitative estimate of drug-likeness (QED) is 0.193. The lowest BCUT2D eigenvalue weighted by molar-refractivity contribution is -0.223. The molecule has 1 saturated carbocycles. The zero-order valence-corrected chi connectivity index (χ0v) is 22.6. The number of aliphatic hydroxyl groups is 1. The van der Waals surface area contributed by atoms with Crippen molar-refractivity contribution in [2.45, 2.75) is 88.0 Å². The topological polar surface area (TPSA) is 142 Å². The number of epoxide rings is 2. The van der Waals surface area contributed by atoms with E-state index in [1.807, 2.05) is 20.8 Å². The summed E-state index contributed by atoms with van der Waals surface area (Å²) in [6, 6.07) is 6.72. The molecule has 0 aromatic heterocycles. The minimum atomic E-state index is -1.48. The molecule has 4 rings (SSSR count). The molecular weight excluding hydrogens is 492 g/mol. The number of phenols is 1. The van der Waals surface area contributed by atoms with E-state index in [9.17, 15) is 19.8 Å². The lowest BCUT2D eigenvalue weighted by Gasteiger charge is -2.49. The Labute approximate surface area is 223 Å². The highest BCUT2D eigenvalue weighted by molar-refractivity contribution is 5.76. The second-order valence-electron chi connectivity index (χ2n) is 10.9. The van der Waals surface area contributed by atoms with Crippen LogP contribution in [0.1, 0.15) is 52.0 Å². The Balaban J connectivity index is 1.26. The molecule has 1 spiro atoms. The highest BCUT2D eigenvalue weighted by Crippen LogP contribution is 2.62.